The summed E-state index contributed by atoms with van der Waals surface area (Å²) in [7, 11) is -3.67. The molecule has 1 fully saturated rings. The highest BCUT2D eigenvalue weighted by Gasteiger charge is 2.59. The van der Waals surface area contributed by atoms with Crippen LogP contribution in [0.15, 0.2) is 12.2 Å². The van der Waals surface area contributed by atoms with Gasteiger partial charge in [-0.2, -0.15) is 0 Å². The Kier molecular flexibility index (Phi) is 6.45. The van der Waals surface area contributed by atoms with E-state index in [4.69, 9.17) is 8.85 Å². The van der Waals surface area contributed by atoms with Gasteiger partial charge in [-0.1, -0.05) is 74.5 Å². The average Bonchev–Trinajstić information content (AvgIpc) is 2.88. The number of fused-ring (bicyclic) bond motifs is 1. The fourth-order valence-electron chi connectivity index (χ4n) is 5.18. The third kappa shape index (κ3) is 3.68. The van der Waals surface area contributed by atoms with Gasteiger partial charge in [-0.15, -0.1) is 0 Å². The first-order valence-corrected chi connectivity index (χ1v) is 15.8. The second kappa shape index (κ2) is 7.49. The predicted molar refractivity (Wildman–Crippen MR) is 119 cm³/mol. The van der Waals surface area contributed by atoms with Crippen LogP contribution in [0.4, 0.5) is 0 Å². The molecule has 1 saturated carbocycles. The van der Waals surface area contributed by atoms with Gasteiger partial charge in [-0.25, -0.2) is 0 Å². The van der Waals surface area contributed by atoms with Gasteiger partial charge >= 0.3 is 0 Å². The summed E-state index contributed by atoms with van der Waals surface area (Å²) in [5, 5.41) is 0.247. The maximum Gasteiger partial charge on any atom is 0.200 e. The van der Waals surface area contributed by atoms with E-state index < -0.39 is 16.6 Å². The summed E-state index contributed by atoms with van der Waals surface area (Å²) >= 11 is 0. The molecule has 0 aromatic rings. The van der Waals surface area contributed by atoms with Crippen LogP contribution in [-0.4, -0.2) is 28.8 Å². The summed E-state index contributed by atoms with van der Waals surface area (Å²) in [6.07, 6.45) is 6.51. The molecule has 0 amide bonds. The van der Waals surface area contributed by atoms with Crippen LogP contribution in [0.1, 0.15) is 68.7 Å². The van der Waals surface area contributed by atoms with E-state index in [1.807, 2.05) is 0 Å². The van der Waals surface area contributed by atoms with Gasteiger partial charge in [0, 0.05) is 5.92 Å². The van der Waals surface area contributed by atoms with E-state index >= 15 is 0 Å². The Morgan fingerprint density at radius 3 is 1.77 bits per heavy atom. The lowest BCUT2D eigenvalue weighted by molar-refractivity contribution is -0.115. The Morgan fingerprint density at radius 1 is 0.846 bits per heavy atom. The molecule has 0 heterocycles. The smallest absolute Gasteiger partial charge is 0.200 e. The molecule has 2 aliphatic carbocycles. The van der Waals surface area contributed by atoms with Crippen LogP contribution in [-0.2, 0) is 8.85 Å². The highest BCUT2D eigenvalue weighted by Crippen LogP contribution is 2.53. The third-order valence-corrected chi connectivity index (χ3v) is 18.2. The van der Waals surface area contributed by atoms with Crippen LogP contribution in [0.2, 0.25) is 34.8 Å². The molecular formula is C22H44O2Si2. The zero-order valence-electron chi connectivity index (χ0n) is 19.2. The van der Waals surface area contributed by atoms with Gasteiger partial charge in [-0.05, 0) is 47.1 Å². The Morgan fingerprint density at radius 2 is 1.35 bits per heavy atom. The summed E-state index contributed by atoms with van der Waals surface area (Å²) in [5.74, 6) is 1.22. The first-order valence-electron chi connectivity index (χ1n) is 10.8. The monoisotopic (exact) mass is 396 g/mol. The molecule has 2 rings (SSSR count). The van der Waals surface area contributed by atoms with Gasteiger partial charge in [-0.3, -0.25) is 0 Å². The average molecular weight is 397 g/mol. The highest BCUT2D eigenvalue weighted by molar-refractivity contribution is 6.77. The van der Waals surface area contributed by atoms with Crippen molar-refractivity contribution in [3.05, 3.63) is 12.2 Å². The molecule has 2 aliphatic rings. The zero-order valence-corrected chi connectivity index (χ0v) is 21.2. The van der Waals surface area contributed by atoms with Crippen molar-refractivity contribution in [1.29, 1.82) is 0 Å². The second-order valence-corrected chi connectivity index (χ2v) is 21.3. The highest BCUT2D eigenvalue weighted by atomic mass is 28.4. The molecule has 2 nitrogen and oxygen atoms in total. The number of hydrogen-bond donors (Lipinski definition) is 0. The Hall–Kier alpha value is 0.0938. The second-order valence-electron chi connectivity index (χ2n) is 11.1. The largest absolute Gasteiger partial charge is 0.411 e. The van der Waals surface area contributed by atoms with E-state index in [-0.39, 0.29) is 11.1 Å². The van der Waals surface area contributed by atoms with Crippen LogP contribution in [0.5, 0.6) is 0 Å². The fraction of sp³-hybridized carbons (Fsp3) is 0.909. The lowest BCUT2D eigenvalue weighted by atomic mass is 9.70. The Balaban J connectivity index is 2.29. The first-order chi connectivity index (χ1) is 11.8. The van der Waals surface area contributed by atoms with Crippen molar-refractivity contribution >= 4 is 16.6 Å². The van der Waals surface area contributed by atoms with Gasteiger partial charge in [0.15, 0.2) is 8.32 Å². The van der Waals surface area contributed by atoms with Crippen molar-refractivity contribution < 1.29 is 8.85 Å². The van der Waals surface area contributed by atoms with Crippen LogP contribution >= 0.6 is 0 Å². The topological polar surface area (TPSA) is 18.5 Å². The first kappa shape index (κ1) is 22.4. The predicted octanol–water partition coefficient (Wildman–Crippen LogP) is 7.14. The van der Waals surface area contributed by atoms with Crippen LogP contribution in [0, 0.1) is 11.8 Å². The minimum atomic E-state index is -1.88. The SMILES string of the molecule is CC(C)[Si](O[C@@H]1[C@H]2C=CC[C@H]2[C@H]1O[Si](C)(C)C(C)(C)C)(C(C)C)C(C)C. The van der Waals surface area contributed by atoms with E-state index in [0.29, 0.717) is 34.6 Å². The van der Waals surface area contributed by atoms with E-state index in [0.717, 1.165) is 0 Å². The molecule has 0 aliphatic heterocycles. The summed E-state index contributed by atoms with van der Waals surface area (Å²) in [6, 6.07) is 0. The number of hydrogen-bond acceptors (Lipinski definition) is 2. The molecule has 0 N–H and O–H groups in total. The molecular weight excluding hydrogens is 352 g/mol. The molecule has 0 aromatic heterocycles. The van der Waals surface area contributed by atoms with Gasteiger partial charge < -0.3 is 8.85 Å². The van der Waals surface area contributed by atoms with Crippen molar-refractivity contribution in [2.75, 3.05) is 0 Å². The molecule has 0 radical (unpaired) electrons. The van der Waals surface area contributed by atoms with Crippen molar-refractivity contribution in [3.63, 3.8) is 0 Å². The van der Waals surface area contributed by atoms with Gasteiger partial charge in [0.05, 0.1) is 12.2 Å². The summed E-state index contributed by atoms with van der Waals surface area (Å²) in [6.45, 7) is 26.1. The zero-order chi connectivity index (χ0) is 20.1. The maximum atomic E-state index is 7.23. The standard InChI is InChI=1S/C22H44O2Si2/c1-15(2)26(16(3)4,17(5)6)24-21-19-14-12-13-18(19)20(21)23-25(10,11)22(7,8)9/h12,14-21H,13H2,1-11H3/t18-,19+,20-,21-/m1/s1. The normalized spacial score (nSPS) is 29.6. The molecule has 0 saturated heterocycles. The Bertz CT molecular complexity index is 495. The van der Waals surface area contributed by atoms with Crippen molar-refractivity contribution in [1.82, 2.24) is 0 Å². The summed E-state index contributed by atoms with van der Waals surface area (Å²) in [4.78, 5) is 0. The lowest BCUT2D eigenvalue weighted by Crippen LogP contribution is -2.65. The van der Waals surface area contributed by atoms with Gasteiger partial charge in [0.1, 0.15) is 0 Å². The minimum Gasteiger partial charge on any atom is -0.411 e. The van der Waals surface area contributed by atoms with Crippen LogP contribution in [0.3, 0.4) is 0 Å². The van der Waals surface area contributed by atoms with Gasteiger partial charge in [0.25, 0.3) is 0 Å². The van der Waals surface area contributed by atoms with E-state index in [1.54, 1.807) is 0 Å². The van der Waals surface area contributed by atoms with Crippen molar-refractivity contribution in [2.24, 2.45) is 11.8 Å². The molecule has 4 atom stereocenters. The summed E-state index contributed by atoms with van der Waals surface area (Å²) in [5.41, 5.74) is 1.88. The Labute approximate surface area is 165 Å². The number of allylic oxidation sites excluding steroid dienone is 1. The summed E-state index contributed by atoms with van der Waals surface area (Å²) < 4.78 is 14.2. The maximum absolute atomic E-state index is 7.23. The van der Waals surface area contributed by atoms with Crippen LogP contribution < -0.4 is 0 Å². The molecule has 26 heavy (non-hydrogen) atoms. The van der Waals surface area contributed by atoms with E-state index in [9.17, 15) is 0 Å². The van der Waals surface area contributed by atoms with Gasteiger partial charge in [0.2, 0.25) is 8.32 Å². The molecule has 4 heteroatoms. The molecule has 152 valence electrons. The molecule has 0 aromatic carbocycles. The van der Waals surface area contributed by atoms with E-state index in [2.05, 4.69) is 87.6 Å². The van der Waals surface area contributed by atoms with Crippen LogP contribution in [0.25, 0.3) is 0 Å². The fourth-order valence-corrected chi connectivity index (χ4v) is 12.1. The molecule has 0 unspecified atom stereocenters. The van der Waals surface area contributed by atoms with E-state index in [1.165, 1.54) is 6.42 Å². The van der Waals surface area contributed by atoms with Crippen molar-refractivity contribution in [2.45, 2.75) is 116 Å². The molecule has 0 spiro atoms. The molecule has 0 bridgehead atoms. The van der Waals surface area contributed by atoms with Crippen molar-refractivity contribution in [3.8, 4) is 0 Å². The minimum absolute atomic E-state index is 0.247. The third-order valence-electron chi connectivity index (χ3n) is 7.67. The lowest BCUT2D eigenvalue weighted by Gasteiger charge is -2.57. The number of rotatable bonds is 7. The quantitative estimate of drug-likeness (QED) is 0.336.